The highest BCUT2D eigenvalue weighted by Crippen LogP contribution is 2.05. The van der Waals surface area contributed by atoms with Crippen molar-refractivity contribution in [1.82, 2.24) is 15.3 Å². The molecular weight excluding hydrogens is 192 g/mol. The Morgan fingerprint density at radius 2 is 2.47 bits per heavy atom. The number of aromatic nitrogens is 3. The van der Waals surface area contributed by atoms with Crippen LogP contribution in [0, 0.1) is 0 Å². The van der Waals surface area contributed by atoms with Crippen molar-refractivity contribution in [3.63, 3.8) is 0 Å². The van der Waals surface area contributed by atoms with Crippen molar-refractivity contribution in [3.05, 3.63) is 24.2 Å². The van der Waals surface area contributed by atoms with E-state index in [1.165, 1.54) is 0 Å². The van der Waals surface area contributed by atoms with Gasteiger partial charge in [-0.1, -0.05) is 0 Å². The molecule has 0 aliphatic rings. The predicted molar refractivity (Wildman–Crippen MR) is 55.0 cm³/mol. The van der Waals surface area contributed by atoms with E-state index in [0.717, 1.165) is 36.1 Å². The molecule has 0 saturated heterocycles. The highest BCUT2D eigenvalue weighted by Gasteiger charge is 2.05. The van der Waals surface area contributed by atoms with Gasteiger partial charge in [0.05, 0.1) is 0 Å². The lowest BCUT2D eigenvalue weighted by atomic mass is 10.2. The lowest BCUT2D eigenvalue weighted by Gasteiger charge is -1.96. The monoisotopic (exact) mass is 205 g/mol. The second-order valence-electron chi connectivity index (χ2n) is 3.31. The number of amides is 1. The first kappa shape index (κ1) is 9.64. The van der Waals surface area contributed by atoms with Crippen LogP contribution in [0.1, 0.15) is 12.1 Å². The highest BCUT2D eigenvalue weighted by atomic mass is 16.1. The predicted octanol–water partition coefficient (Wildman–Crippen LogP) is 0.0556. The Kier molecular flexibility index (Phi) is 2.92. The summed E-state index contributed by atoms with van der Waals surface area (Å²) in [4.78, 5) is 20.5. The summed E-state index contributed by atoms with van der Waals surface area (Å²) in [6.07, 6.45) is 4.25. The zero-order valence-electron chi connectivity index (χ0n) is 8.29. The standard InChI is InChI=1S/C10H12N4O/c15-7-11-5-1-2-8-3-4-9-10(14-8)13-6-12-9/h3-4,6-7H,1-2,5H2,(H,11,15)(H,12,13,14)/p+1. The number of nitrogens with zero attached hydrogens (tertiary/aromatic N) is 1. The van der Waals surface area contributed by atoms with Crippen molar-refractivity contribution in [1.29, 1.82) is 0 Å². The number of hydrogen-bond donors (Lipinski definition) is 2. The fourth-order valence-corrected chi connectivity index (χ4v) is 1.48. The Morgan fingerprint density at radius 1 is 1.53 bits per heavy atom. The Balaban J connectivity index is 1.98. The number of imidazole rings is 1. The van der Waals surface area contributed by atoms with Crippen LogP contribution in [-0.4, -0.2) is 22.9 Å². The number of H-pyrrole nitrogens is 2. The van der Waals surface area contributed by atoms with E-state index in [1.807, 2.05) is 12.1 Å². The molecule has 0 atom stereocenters. The Bertz CT molecular complexity index is 451. The van der Waals surface area contributed by atoms with Crippen LogP contribution in [0.4, 0.5) is 0 Å². The average molecular weight is 205 g/mol. The van der Waals surface area contributed by atoms with Gasteiger partial charge in [-0.3, -0.25) is 9.78 Å². The van der Waals surface area contributed by atoms with Crippen LogP contribution in [0.15, 0.2) is 18.5 Å². The molecule has 0 unspecified atom stereocenters. The number of carbonyl (C=O) groups excluding carboxylic acids is 1. The molecule has 2 rings (SSSR count). The largest absolute Gasteiger partial charge is 0.359 e. The molecule has 15 heavy (non-hydrogen) atoms. The summed E-state index contributed by atoms with van der Waals surface area (Å²) in [7, 11) is 0. The van der Waals surface area contributed by atoms with Crippen molar-refractivity contribution in [2.45, 2.75) is 12.8 Å². The third kappa shape index (κ3) is 2.31. The third-order valence-electron chi connectivity index (χ3n) is 2.23. The van der Waals surface area contributed by atoms with Crippen LogP contribution in [-0.2, 0) is 11.2 Å². The summed E-state index contributed by atoms with van der Waals surface area (Å²) in [6, 6.07) is 3.99. The number of aromatic amines is 2. The van der Waals surface area contributed by atoms with Crippen LogP contribution in [0.25, 0.3) is 11.2 Å². The maximum absolute atomic E-state index is 10.0. The van der Waals surface area contributed by atoms with Crippen LogP contribution in [0.2, 0.25) is 0 Å². The van der Waals surface area contributed by atoms with E-state index in [1.54, 1.807) is 6.33 Å². The van der Waals surface area contributed by atoms with Gasteiger partial charge in [-0.15, -0.1) is 4.98 Å². The third-order valence-corrected chi connectivity index (χ3v) is 2.23. The van der Waals surface area contributed by atoms with Crippen molar-refractivity contribution in [2.75, 3.05) is 6.54 Å². The van der Waals surface area contributed by atoms with Gasteiger partial charge < -0.3 is 5.32 Å². The molecule has 0 aliphatic heterocycles. The smallest absolute Gasteiger partial charge is 0.299 e. The Hall–Kier alpha value is -1.91. The number of aryl methyl sites for hydroxylation is 1. The molecule has 0 saturated carbocycles. The van der Waals surface area contributed by atoms with E-state index in [9.17, 15) is 4.79 Å². The summed E-state index contributed by atoms with van der Waals surface area (Å²) in [5, 5.41) is 2.63. The first-order chi connectivity index (χ1) is 7.40. The average Bonchev–Trinajstić information content (AvgIpc) is 2.71. The van der Waals surface area contributed by atoms with Crippen molar-refractivity contribution in [3.8, 4) is 0 Å². The zero-order chi connectivity index (χ0) is 10.5. The molecule has 0 bridgehead atoms. The van der Waals surface area contributed by atoms with Crippen molar-refractivity contribution < 1.29 is 9.78 Å². The minimum Gasteiger partial charge on any atom is -0.359 e. The molecule has 78 valence electrons. The molecule has 0 aliphatic carbocycles. The van der Waals surface area contributed by atoms with Crippen LogP contribution >= 0.6 is 0 Å². The molecule has 2 heterocycles. The van der Waals surface area contributed by atoms with Gasteiger partial charge in [0.1, 0.15) is 5.69 Å². The van der Waals surface area contributed by atoms with Gasteiger partial charge in [0.15, 0.2) is 11.8 Å². The van der Waals surface area contributed by atoms with E-state index in [0.29, 0.717) is 6.54 Å². The lowest BCUT2D eigenvalue weighted by molar-refractivity contribution is -0.347. The molecule has 0 fully saturated rings. The quantitative estimate of drug-likeness (QED) is 0.535. The van der Waals surface area contributed by atoms with Crippen LogP contribution in [0.3, 0.4) is 0 Å². The summed E-state index contributed by atoms with van der Waals surface area (Å²) in [5.74, 6) is 0. The Morgan fingerprint density at radius 3 is 3.33 bits per heavy atom. The number of rotatable bonds is 5. The molecule has 3 N–H and O–H groups in total. The van der Waals surface area contributed by atoms with E-state index in [4.69, 9.17) is 0 Å². The SMILES string of the molecule is O=CNCCCc1ccc2[nH]c[nH+]c2n1. The fraction of sp³-hybridized carbons (Fsp3) is 0.300. The molecule has 2 aromatic rings. The molecule has 2 aromatic heterocycles. The first-order valence-electron chi connectivity index (χ1n) is 4.92. The summed E-state index contributed by atoms with van der Waals surface area (Å²) < 4.78 is 0. The normalized spacial score (nSPS) is 10.4. The molecule has 0 radical (unpaired) electrons. The molecule has 5 nitrogen and oxygen atoms in total. The summed E-state index contributed by atoms with van der Waals surface area (Å²) in [6.45, 7) is 0.695. The minimum atomic E-state index is 0.695. The highest BCUT2D eigenvalue weighted by molar-refractivity contribution is 5.65. The van der Waals surface area contributed by atoms with Gasteiger partial charge in [-0.25, -0.2) is 4.98 Å². The molecular formula is C10H13N4O+. The Labute approximate surface area is 86.9 Å². The van der Waals surface area contributed by atoms with Crippen molar-refractivity contribution in [2.24, 2.45) is 0 Å². The number of carbonyl (C=O) groups is 1. The minimum absolute atomic E-state index is 0.695. The van der Waals surface area contributed by atoms with Crippen LogP contribution < -0.4 is 10.3 Å². The first-order valence-corrected chi connectivity index (χ1v) is 4.92. The maximum Gasteiger partial charge on any atom is 0.299 e. The second-order valence-corrected chi connectivity index (χ2v) is 3.31. The number of hydrogen-bond acceptors (Lipinski definition) is 2. The van der Waals surface area contributed by atoms with Gasteiger partial charge in [-0.05, 0) is 18.6 Å². The van der Waals surface area contributed by atoms with Gasteiger partial charge in [-0.2, -0.15) is 0 Å². The van der Waals surface area contributed by atoms with Gasteiger partial charge in [0.25, 0.3) is 5.65 Å². The zero-order valence-corrected chi connectivity index (χ0v) is 8.29. The lowest BCUT2D eigenvalue weighted by Crippen LogP contribution is -2.13. The van der Waals surface area contributed by atoms with E-state index in [-0.39, 0.29) is 0 Å². The van der Waals surface area contributed by atoms with Gasteiger partial charge in [0, 0.05) is 13.0 Å². The summed E-state index contributed by atoms with van der Waals surface area (Å²) >= 11 is 0. The molecule has 5 heteroatoms. The molecule has 0 spiro atoms. The topological polar surface area (TPSA) is 71.9 Å². The van der Waals surface area contributed by atoms with Crippen LogP contribution in [0.5, 0.6) is 0 Å². The summed E-state index contributed by atoms with van der Waals surface area (Å²) in [5.41, 5.74) is 2.91. The number of pyridine rings is 1. The molecule has 0 aromatic carbocycles. The maximum atomic E-state index is 10.0. The fourth-order valence-electron chi connectivity index (χ4n) is 1.48. The van der Waals surface area contributed by atoms with E-state index in [2.05, 4.69) is 20.3 Å². The number of nitrogens with one attached hydrogen (secondary N) is 3. The van der Waals surface area contributed by atoms with E-state index >= 15 is 0 Å². The van der Waals surface area contributed by atoms with Crippen molar-refractivity contribution >= 4 is 17.6 Å². The van der Waals surface area contributed by atoms with E-state index < -0.39 is 0 Å². The number of fused-ring (bicyclic) bond motifs is 1. The van der Waals surface area contributed by atoms with Gasteiger partial charge in [0.2, 0.25) is 6.41 Å². The second kappa shape index (κ2) is 4.54. The van der Waals surface area contributed by atoms with Gasteiger partial charge >= 0.3 is 0 Å². The molecule has 1 amide bonds.